The summed E-state index contributed by atoms with van der Waals surface area (Å²) >= 11 is 0. The molecule has 19 heavy (non-hydrogen) atoms. The highest BCUT2D eigenvalue weighted by molar-refractivity contribution is 6.00. The predicted molar refractivity (Wildman–Crippen MR) is 75.6 cm³/mol. The molecule has 0 spiro atoms. The van der Waals surface area contributed by atoms with E-state index in [1.165, 1.54) is 0 Å². The zero-order valence-corrected chi connectivity index (χ0v) is 11.3. The molecule has 1 atom stereocenters. The monoisotopic (exact) mass is 280 g/mol. The second-order valence-corrected chi connectivity index (χ2v) is 4.74. The van der Waals surface area contributed by atoms with Gasteiger partial charge in [0.25, 0.3) is 5.91 Å². The molecule has 5 nitrogen and oxygen atoms in total. The molecule has 0 aliphatic carbocycles. The lowest BCUT2D eigenvalue weighted by Gasteiger charge is -2.30. The minimum absolute atomic E-state index is 0. The highest BCUT2D eigenvalue weighted by atomic mass is 35.5. The fraction of sp³-hybridized carbons (Fsp3) is 0.385. The number of hydrogen-bond donors (Lipinski definition) is 1. The van der Waals surface area contributed by atoms with Gasteiger partial charge in [-0.2, -0.15) is 5.10 Å². The molecule has 1 unspecified atom stereocenters. The van der Waals surface area contributed by atoms with Crippen LogP contribution in [0.15, 0.2) is 30.6 Å². The molecule has 1 aliphatic rings. The van der Waals surface area contributed by atoms with E-state index in [4.69, 9.17) is 5.73 Å². The van der Waals surface area contributed by atoms with E-state index >= 15 is 0 Å². The van der Waals surface area contributed by atoms with Gasteiger partial charge in [-0.15, -0.1) is 12.4 Å². The maximum Gasteiger partial charge on any atom is 0.257 e. The van der Waals surface area contributed by atoms with Gasteiger partial charge >= 0.3 is 0 Å². The molecule has 0 bridgehead atoms. The van der Waals surface area contributed by atoms with Crippen molar-refractivity contribution in [3.63, 3.8) is 0 Å². The van der Waals surface area contributed by atoms with E-state index in [0.717, 1.165) is 24.9 Å². The standard InChI is InChI=1S/C13H16N4O.ClH/c14-10-4-3-6-16(9-10)13(18)11-8-15-17-7-2-1-5-12(11)17;/h1-2,5,7-8,10H,3-4,6,9,14H2;1H. The van der Waals surface area contributed by atoms with Gasteiger partial charge in [-0.25, -0.2) is 4.52 Å². The van der Waals surface area contributed by atoms with Crippen LogP contribution in [0.4, 0.5) is 0 Å². The molecule has 102 valence electrons. The van der Waals surface area contributed by atoms with Crippen molar-refractivity contribution >= 4 is 23.8 Å². The molecule has 1 amide bonds. The summed E-state index contributed by atoms with van der Waals surface area (Å²) in [6, 6.07) is 5.81. The molecule has 6 heteroatoms. The van der Waals surface area contributed by atoms with Crippen LogP contribution >= 0.6 is 12.4 Å². The Balaban J connectivity index is 0.00000133. The van der Waals surface area contributed by atoms with Gasteiger partial charge in [0.05, 0.1) is 17.3 Å². The van der Waals surface area contributed by atoms with E-state index in [2.05, 4.69) is 5.10 Å². The number of carbonyl (C=O) groups is 1. The summed E-state index contributed by atoms with van der Waals surface area (Å²) in [7, 11) is 0. The second-order valence-electron chi connectivity index (χ2n) is 4.74. The van der Waals surface area contributed by atoms with Gasteiger partial charge in [-0.05, 0) is 25.0 Å². The van der Waals surface area contributed by atoms with Crippen molar-refractivity contribution in [2.75, 3.05) is 13.1 Å². The van der Waals surface area contributed by atoms with Crippen molar-refractivity contribution in [3.8, 4) is 0 Å². The number of pyridine rings is 1. The van der Waals surface area contributed by atoms with Crippen LogP contribution < -0.4 is 5.73 Å². The number of hydrogen-bond acceptors (Lipinski definition) is 3. The molecular weight excluding hydrogens is 264 g/mol. The van der Waals surface area contributed by atoms with Gasteiger partial charge in [0.2, 0.25) is 0 Å². The quantitative estimate of drug-likeness (QED) is 0.857. The lowest BCUT2D eigenvalue weighted by molar-refractivity contribution is 0.0711. The third kappa shape index (κ3) is 2.57. The third-order valence-corrected chi connectivity index (χ3v) is 3.40. The molecule has 0 saturated carbocycles. The minimum Gasteiger partial charge on any atom is -0.337 e. The largest absolute Gasteiger partial charge is 0.337 e. The lowest BCUT2D eigenvalue weighted by atomic mass is 10.1. The molecule has 2 N–H and O–H groups in total. The highest BCUT2D eigenvalue weighted by Gasteiger charge is 2.24. The average molecular weight is 281 g/mol. The summed E-state index contributed by atoms with van der Waals surface area (Å²) in [4.78, 5) is 14.3. The maximum absolute atomic E-state index is 12.4. The number of nitrogens with two attached hydrogens (primary N) is 1. The summed E-state index contributed by atoms with van der Waals surface area (Å²) in [5.74, 6) is 0.0337. The summed E-state index contributed by atoms with van der Waals surface area (Å²) in [5, 5.41) is 4.19. The number of piperidine rings is 1. The van der Waals surface area contributed by atoms with Crippen molar-refractivity contribution in [3.05, 3.63) is 36.2 Å². The predicted octanol–water partition coefficient (Wildman–Crippen LogP) is 1.32. The molecule has 1 aliphatic heterocycles. The molecule has 0 radical (unpaired) electrons. The van der Waals surface area contributed by atoms with Gasteiger partial charge in [0.15, 0.2) is 0 Å². The van der Waals surface area contributed by atoms with Crippen molar-refractivity contribution in [2.24, 2.45) is 5.73 Å². The van der Waals surface area contributed by atoms with Crippen LogP contribution in [0, 0.1) is 0 Å². The van der Waals surface area contributed by atoms with Gasteiger partial charge in [-0.1, -0.05) is 6.07 Å². The van der Waals surface area contributed by atoms with Gasteiger partial charge in [0, 0.05) is 25.3 Å². The minimum atomic E-state index is 0. The van der Waals surface area contributed by atoms with Gasteiger partial charge < -0.3 is 10.6 Å². The van der Waals surface area contributed by atoms with Crippen molar-refractivity contribution in [2.45, 2.75) is 18.9 Å². The maximum atomic E-state index is 12.4. The van der Waals surface area contributed by atoms with Crippen LogP contribution in [-0.4, -0.2) is 39.6 Å². The summed E-state index contributed by atoms with van der Waals surface area (Å²) in [6.45, 7) is 1.43. The van der Waals surface area contributed by atoms with E-state index in [1.54, 1.807) is 10.7 Å². The number of amides is 1. The zero-order valence-electron chi connectivity index (χ0n) is 10.5. The number of likely N-dealkylation sites (tertiary alicyclic amines) is 1. The summed E-state index contributed by atoms with van der Waals surface area (Å²) in [5.41, 5.74) is 7.42. The Bertz CT molecular complexity index is 583. The fourth-order valence-electron chi connectivity index (χ4n) is 2.46. The number of nitrogens with zero attached hydrogens (tertiary/aromatic N) is 3. The Morgan fingerprint density at radius 2 is 2.26 bits per heavy atom. The van der Waals surface area contributed by atoms with Crippen molar-refractivity contribution in [1.29, 1.82) is 0 Å². The number of carbonyl (C=O) groups excluding carboxylic acids is 1. The van der Waals surface area contributed by atoms with Crippen LogP contribution in [0.1, 0.15) is 23.2 Å². The first-order chi connectivity index (χ1) is 8.75. The Morgan fingerprint density at radius 1 is 1.42 bits per heavy atom. The molecule has 2 aromatic heterocycles. The number of fused-ring (bicyclic) bond motifs is 1. The van der Waals surface area contributed by atoms with E-state index in [1.807, 2.05) is 29.3 Å². The van der Waals surface area contributed by atoms with Crippen LogP contribution in [-0.2, 0) is 0 Å². The van der Waals surface area contributed by atoms with Gasteiger partial charge in [-0.3, -0.25) is 4.79 Å². The first kappa shape index (κ1) is 13.8. The topological polar surface area (TPSA) is 63.6 Å². The van der Waals surface area contributed by atoms with Crippen molar-refractivity contribution in [1.82, 2.24) is 14.5 Å². The Kier molecular flexibility index (Phi) is 4.07. The molecular formula is C13H17ClN4O. The first-order valence-electron chi connectivity index (χ1n) is 6.23. The normalized spacial score (nSPS) is 19.2. The van der Waals surface area contributed by atoms with E-state index in [9.17, 15) is 4.79 Å². The van der Waals surface area contributed by atoms with Crippen LogP contribution in [0.2, 0.25) is 0 Å². The van der Waals surface area contributed by atoms with E-state index in [0.29, 0.717) is 12.1 Å². The number of halogens is 1. The zero-order chi connectivity index (χ0) is 12.5. The number of rotatable bonds is 1. The molecule has 0 aromatic carbocycles. The second kappa shape index (κ2) is 5.59. The molecule has 1 fully saturated rings. The Labute approximate surface area is 117 Å². The van der Waals surface area contributed by atoms with E-state index in [-0.39, 0.29) is 24.4 Å². The average Bonchev–Trinajstić information content (AvgIpc) is 2.82. The van der Waals surface area contributed by atoms with Crippen LogP contribution in [0.3, 0.4) is 0 Å². The van der Waals surface area contributed by atoms with Crippen LogP contribution in [0.25, 0.3) is 5.52 Å². The van der Waals surface area contributed by atoms with Crippen LogP contribution in [0.5, 0.6) is 0 Å². The fourth-order valence-corrected chi connectivity index (χ4v) is 2.46. The third-order valence-electron chi connectivity index (χ3n) is 3.40. The summed E-state index contributed by atoms with van der Waals surface area (Å²) in [6.07, 6.45) is 5.45. The highest BCUT2D eigenvalue weighted by Crippen LogP contribution is 2.16. The summed E-state index contributed by atoms with van der Waals surface area (Å²) < 4.78 is 1.72. The number of aromatic nitrogens is 2. The van der Waals surface area contributed by atoms with Crippen molar-refractivity contribution < 1.29 is 4.79 Å². The smallest absolute Gasteiger partial charge is 0.257 e. The van der Waals surface area contributed by atoms with Gasteiger partial charge in [0.1, 0.15) is 0 Å². The molecule has 3 rings (SSSR count). The van der Waals surface area contributed by atoms with E-state index < -0.39 is 0 Å². The Morgan fingerprint density at radius 3 is 3.05 bits per heavy atom. The first-order valence-corrected chi connectivity index (χ1v) is 6.23. The lowest BCUT2D eigenvalue weighted by Crippen LogP contribution is -2.45. The SMILES string of the molecule is Cl.NC1CCCN(C(=O)c2cnn3ccccc23)C1. The molecule has 2 aromatic rings. The Hall–Kier alpha value is -1.59. The molecule has 1 saturated heterocycles. The molecule has 3 heterocycles.